The van der Waals surface area contributed by atoms with Gasteiger partial charge in [-0.2, -0.15) is 4.99 Å². The Balaban J connectivity index is 1.58. The van der Waals surface area contributed by atoms with Crippen molar-refractivity contribution in [3.8, 4) is 11.5 Å². The number of para-hydroxylation sites is 1. The van der Waals surface area contributed by atoms with Crippen LogP contribution in [0.1, 0.15) is 32.8 Å². The van der Waals surface area contributed by atoms with Gasteiger partial charge < -0.3 is 19.5 Å². The Labute approximate surface area is 198 Å². The van der Waals surface area contributed by atoms with E-state index in [2.05, 4.69) is 10.3 Å². The molecule has 3 unspecified atom stereocenters. The molecule has 4 rings (SSSR count). The van der Waals surface area contributed by atoms with Crippen LogP contribution in [0.4, 0.5) is 11.4 Å². The maximum atomic E-state index is 13.3. The maximum absolute atomic E-state index is 13.3. The van der Waals surface area contributed by atoms with Gasteiger partial charge in [0.25, 0.3) is 11.8 Å². The monoisotopic (exact) mass is 464 g/mol. The fourth-order valence-electron chi connectivity index (χ4n) is 3.78. The molecule has 34 heavy (non-hydrogen) atoms. The van der Waals surface area contributed by atoms with E-state index in [0.717, 1.165) is 12.0 Å². The van der Waals surface area contributed by atoms with Crippen molar-refractivity contribution in [1.82, 2.24) is 4.90 Å². The predicted octanol–water partition coefficient (Wildman–Crippen LogP) is 3.75. The van der Waals surface area contributed by atoms with E-state index in [0.29, 0.717) is 28.7 Å². The number of methoxy groups -OCH3 is 2. The number of nitrogens with zero attached hydrogens (tertiary/aromatic N) is 3. The number of hydrogen-bond donors (Lipinski definition) is 1. The van der Waals surface area contributed by atoms with Crippen LogP contribution >= 0.6 is 0 Å². The molecule has 0 spiro atoms. The van der Waals surface area contributed by atoms with Gasteiger partial charge >= 0.3 is 6.02 Å². The van der Waals surface area contributed by atoms with Crippen LogP contribution in [0, 0.1) is 5.92 Å². The topological polar surface area (TPSA) is 102 Å². The molecule has 2 aromatic rings. The minimum atomic E-state index is -0.946. The normalized spacial score (nSPS) is 18.2. The number of ether oxygens (including phenoxy) is 3. The molecule has 2 amide bonds. The summed E-state index contributed by atoms with van der Waals surface area (Å²) in [4.78, 5) is 36.8. The number of fused-ring (bicyclic) bond motifs is 3. The molecule has 2 aromatic carbocycles. The Kier molecular flexibility index (Phi) is 6.54. The highest BCUT2D eigenvalue weighted by Gasteiger charge is 2.44. The molecule has 9 heteroatoms. The second-order valence-electron chi connectivity index (χ2n) is 8.22. The molecule has 2 aliphatic rings. The molecule has 0 saturated heterocycles. The number of benzene rings is 2. The third-order valence-corrected chi connectivity index (χ3v) is 5.95. The first kappa shape index (κ1) is 23.3. The van der Waals surface area contributed by atoms with Crippen LogP contribution in [0.25, 0.3) is 0 Å². The first-order valence-corrected chi connectivity index (χ1v) is 11.2. The minimum Gasteiger partial charge on any atom is -0.497 e. The molecule has 2 aliphatic heterocycles. The molecule has 0 aromatic heterocycles. The standard InChI is InChI=1S/C25H28N4O5/c1-6-14(2)21-24(31)29-22(28-21)19-9-7-8-10-20(19)27-25(29)34-15(3)23(30)26-16-11-17(32-4)13-18(12-16)33-5/h7-15,21H,6H2,1-5H3,(H,26,30). The first-order chi connectivity index (χ1) is 16.4. The summed E-state index contributed by atoms with van der Waals surface area (Å²) in [7, 11) is 3.06. The third kappa shape index (κ3) is 4.33. The molecule has 0 saturated carbocycles. The van der Waals surface area contributed by atoms with Gasteiger partial charge in [0.1, 0.15) is 23.4 Å². The van der Waals surface area contributed by atoms with E-state index in [1.165, 1.54) is 19.1 Å². The Morgan fingerprint density at radius 3 is 2.44 bits per heavy atom. The number of carbonyl (C=O) groups is 2. The number of rotatable bonds is 7. The van der Waals surface area contributed by atoms with Crippen molar-refractivity contribution < 1.29 is 23.8 Å². The molecule has 9 nitrogen and oxygen atoms in total. The summed E-state index contributed by atoms with van der Waals surface area (Å²) in [5.74, 6) is 1.01. The van der Waals surface area contributed by atoms with E-state index in [9.17, 15) is 9.59 Å². The number of aliphatic imine (C=N–C) groups is 2. The average molecular weight is 465 g/mol. The number of anilines is 1. The van der Waals surface area contributed by atoms with Gasteiger partial charge in [0, 0.05) is 29.4 Å². The minimum absolute atomic E-state index is 0.0409. The SMILES string of the molecule is CCC(C)C1N=C2c3ccccc3N=C(OC(C)C(=O)Nc3cc(OC)cc(OC)c3)N2C1=O. The first-order valence-electron chi connectivity index (χ1n) is 11.2. The van der Waals surface area contributed by atoms with Gasteiger partial charge in [-0.3, -0.25) is 14.6 Å². The van der Waals surface area contributed by atoms with E-state index in [1.54, 1.807) is 25.1 Å². The highest BCUT2D eigenvalue weighted by molar-refractivity contribution is 6.26. The zero-order valence-electron chi connectivity index (χ0n) is 19.9. The van der Waals surface area contributed by atoms with Gasteiger partial charge in [0.05, 0.1) is 19.9 Å². The number of nitrogens with one attached hydrogen (secondary N) is 1. The third-order valence-electron chi connectivity index (χ3n) is 5.95. The lowest BCUT2D eigenvalue weighted by molar-refractivity contribution is -0.128. The molecule has 0 bridgehead atoms. The lowest BCUT2D eigenvalue weighted by atomic mass is 10.00. The van der Waals surface area contributed by atoms with Crippen LogP contribution in [-0.2, 0) is 14.3 Å². The van der Waals surface area contributed by atoms with Crippen LogP contribution in [0.5, 0.6) is 11.5 Å². The quantitative estimate of drug-likeness (QED) is 0.672. The second kappa shape index (κ2) is 9.54. The summed E-state index contributed by atoms with van der Waals surface area (Å²) in [6.45, 7) is 5.61. The summed E-state index contributed by atoms with van der Waals surface area (Å²) in [5, 5.41) is 2.79. The number of amides is 2. The summed E-state index contributed by atoms with van der Waals surface area (Å²) in [5.41, 5.74) is 1.88. The lowest BCUT2D eigenvalue weighted by Gasteiger charge is -2.27. The van der Waals surface area contributed by atoms with E-state index < -0.39 is 18.1 Å². The van der Waals surface area contributed by atoms with Gasteiger partial charge in [0.15, 0.2) is 6.10 Å². The zero-order chi connectivity index (χ0) is 24.4. The molecule has 2 heterocycles. The van der Waals surface area contributed by atoms with E-state index in [-0.39, 0.29) is 17.8 Å². The van der Waals surface area contributed by atoms with Crippen molar-refractivity contribution in [2.75, 3.05) is 19.5 Å². The Hall–Kier alpha value is -3.88. The van der Waals surface area contributed by atoms with Crippen molar-refractivity contribution in [1.29, 1.82) is 0 Å². The smallest absolute Gasteiger partial charge is 0.306 e. The lowest BCUT2D eigenvalue weighted by Crippen LogP contribution is -2.46. The predicted molar refractivity (Wildman–Crippen MR) is 129 cm³/mol. The van der Waals surface area contributed by atoms with Crippen molar-refractivity contribution in [2.45, 2.75) is 39.3 Å². The Morgan fingerprint density at radius 2 is 1.79 bits per heavy atom. The number of hydrogen-bond acceptors (Lipinski definition) is 7. The van der Waals surface area contributed by atoms with Crippen molar-refractivity contribution in [2.24, 2.45) is 15.9 Å². The fourth-order valence-corrected chi connectivity index (χ4v) is 3.78. The average Bonchev–Trinajstić information content (AvgIpc) is 3.20. The summed E-state index contributed by atoms with van der Waals surface area (Å²) < 4.78 is 16.4. The summed E-state index contributed by atoms with van der Waals surface area (Å²) in [6, 6.07) is 12.0. The largest absolute Gasteiger partial charge is 0.497 e. The van der Waals surface area contributed by atoms with Crippen LogP contribution in [0.15, 0.2) is 52.4 Å². The van der Waals surface area contributed by atoms with Gasteiger partial charge in [-0.05, 0) is 25.0 Å². The van der Waals surface area contributed by atoms with Crippen molar-refractivity contribution in [3.05, 3.63) is 48.0 Å². The van der Waals surface area contributed by atoms with Gasteiger partial charge in [-0.25, -0.2) is 4.90 Å². The maximum Gasteiger partial charge on any atom is 0.306 e. The van der Waals surface area contributed by atoms with Crippen LogP contribution < -0.4 is 14.8 Å². The van der Waals surface area contributed by atoms with Gasteiger partial charge in [-0.1, -0.05) is 32.4 Å². The fraction of sp³-hybridized carbons (Fsp3) is 0.360. The van der Waals surface area contributed by atoms with Gasteiger partial charge in [0.2, 0.25) is 0 Å². The van der Waals surface area contributed by atoms with Crippen molar-refractivity contribution >= 4 is 35.0 Å². The van der Waals surface area contributed by atoms with Crippen LogP contribution in [0.2, 0.25) is 0 Å². The zero-order valence-corrected chi connectivity index (χ0v) is 19.9. The van der Waals surface area contributed by atoms with Crippen LogP contribution in [-0.4, -0.2) is 54.9 Å². The summed E-state index contributed by atoms with van der Waals surface area (Å²) >= 11 is 0. The van der Waals surface area contributed by atoms with Gasteiger partial charge in [-0.15, -0.1) is 0 Å². The molecule has 0 fully saturated rings. The highest BCUT2D eigenvalue weighted by atomic mass is 16.5. The molecular formula is C25H28N4O5. The van der Waals surface area contributed by atoms with E-state index in [4.69, 9.17) is 19.2 Å². The Morgan fingerprint density at radius 1 is 1.12 bits per heavy atom. The molecule has 3 atom stereocenters. The Bertz CT molecular complexity index is 1150. The molecule has 0 radical (unpaired) electrons. The summed E-state index contributed by atoms with van der Waals surface area (Å²) in [6.07, 6.45) is -0.142. The van der Waals surface area contributed by atoms with E-state index >= 15 is 0 Å². The number of amidine groups is 2. The molecule has 178 valence electrons. The van der Waals surface area contributed by atoms with E-state index in [1.807, 2.05) is 38.1 Å². The highest BCUT2D eigenvalue weighted by Crippen LogP contribution is 2.33. The molecule has 0 aliphatic carbocycles. The van der Waals surface area contributed by atoms with Crippen LogP contribution in [0.3, 0.4) is 0 Å². The second-order valence-corrected chi connectivity index (χ2v) is 8.22. The van der Waals surface area contributed by atoms with Crippen molar-refractivity contribution in [3.63, 3.8) is 0 Å². The molecule has 1 N–H and O–H groups in total. The number of carbonyl (C=O) groups excluding carboxylic acids is 2. The molecular weight excluding hydrogens is 436 g/mol.